The largest absolute Gasteiger partial charge is 0.328 e. The second-order valence-corrected chi connectivity index (χ2v) is 5.24. The first-order valence-electron chi connectivity index (χ1n) is 5.48. The molecule has 90 valence electrons. The molecule has 1 atom stereocenters. The molecule has 0 radical (unpaired) electrons. The van der Waals surface area contributed by atoms with E-state index in [2.05, 4.69) is 4.98 Å². The van der Waals surface area contributed by atoms with Gasteiger partial charge in [0.15, 0.2) is 0 Å². The summed E-state index contributed by atoms with van der Waals surface area (Å²) in [7, 11) is 0. The highest BCUT2D eigenvalue weighted by molar-refractivity contribution is 6.38. The van der Waals surface area contributed by atoms with E-state index in [1.54, 1.807) is 6.07 Å². The third-order valence-electron chi connectivity index (χ3n) is 2.62. The van der Waals surface area contributed by atoms with Crippen LogP contribution >= 0.6 is 23.2 Å². The highest BCUT2D eigenvalue weighted by atomic mass is 35.5. The Kier molecular flexibility index (Phi) is 3.57. The van der Waals surface area contributed by atoms with Gasteiger partial charge in [0.25, 0.3) is 0 Å². The van der Waals surface area contributed by atoms with E-state index in [0.717, 1.165) is 28.6 Å². The molecule has 0 aliphatic rings. The lowest BCUT2D eigenvalue weighted by Gasteiger charge is -2.10. The lowest BCUT2D eigenvalue weighted by molar-refractivity contribution is 0.724. The van der Waals surface area contributed by atoms with E-state index in [1.807, 2.05) is 26.0 Å². The van der Waals surface area contributed by atoms with Gasteiger partial charge in [0.05, 0.1) is 10.5 Å². The highest BCUT2D eigenvalue weighted by Crippen LogP contribution is 2.29. The molecule has 1 unspecified atom stereocenters. The van der Waals surface area contributed by atoms with Crippen molar-refractivity contribution < 1.29 is 0 Å². The SMILES string of the molecule is Cc1cc(CC(C)N)nc2c(Cl)cc(Cl)cc12. The molecular weight excluding hydrogens is 255 g/mol. The smallest absolute Gasteiger partial charge is 0.0895 e. The first-order valence-corrected chi connectivity index (χ1v) is 6.24. The van der Waals surface area contributed by atoms with Gasteiger partial charge in [-0.05, 0) is 37.6 Å². The molecule has 1 aromatic carbocycles. The molecule has 1 heterocycles. The van der Waals surface area contributed by atoms with Crippen LogP contribution in [0.3, 0.4) is 0 Å². The van der Waals surface area contributed by atoms with Gasteiger partial charge in [-0.15, -0.1) is 0 Å². The van der Waals surface area contributed by atoms with E-state index in [4.69, 9.17) is 28.9 Å². The van der Waals surface area contributed by atoms with Crippen molar-refractivity contribution in [2.45, 2.75) is 26.3 Å². The summed E-state index contributed by atoms with van der Waals surface area (Å²) in [6.45, 7) is 3.99. The van der Waals surface area contributed by atoms with E-state index in [-0.39, 0.29) is 6.04 Å². The first kappa shape index (κ1) is 12.6. The minimum Gasteiger partial charge on any atom is -0.328 e. The van der Waals surface area contributed by atoms with Gasteiger partial charge >= 0.3 is 0 Å². The predicted molar refractivity (Wildman–Crippen MR) is 73.9 cm³/mol. The first-order chi connectivity index (χ1) is 7.97. The summed E-state index contributed by atoms with van der Waals surface area (Å²) in [5.41, 5.74) is 8.67. The average molecular weight is 269 g/mol. The minimum atomic E-state index is 0.0884. The van der Waals surface area contributed by atoms with Gasteiger partial charge in [-0.25, -0.2) is 0 Å². The zero-order valence-electron chi connectivity index (χ0n) is 9.80. The number of aryl methyl sites for hydroxylation is 1. The molecule has 0 spiro atoms. The van der Waals surface area contributed by atoms with Gasteiger partial charge in [-0.2, -0.15) is 0 Å². The fourth-order valence-corrected chi connectivity index (χ4v) is 2.45. The lowest BCUT2D eigenvalue weighted by atomic mass is 10.1. The Balaban J connectivity index is 2.64. The van der Waals surface area contributed by atoms with E-state index >= 15 is 0 Å². The molecule has 1 aromatic heterocycles. The fourth-order valence-electron chi connectivity index (χ4n) is 1.92. The number of aromatic nitrogens is 1. The van der Waals surface area contributed by atoms with E-state index < -0.39 is 0 Å². The van der Waals surface area contributed by atoms with Gasteiger partial charge in [0.2, 0.25) is 0 Å². The number of benzene rings is 1. The second-order valence-electron chi connectivity index (χ2n) is 4.40. The van der Waals surface area contributed by atoms with Crippen LogP contribution in [0.5, 0.6) is 0 Å². The number of rotatable bonds is 2. The van der Waals surface area contributed by atoms with Crippen LogP contribution < -0.4 is 5.73 Å². The van der Waals surface area contributed by atoms with Crippen LogP contribution in [0.4, 0.5) is 0 Å². The second kappa shape index (κ2) is 4.81. The van der Waals surface area contributed by atoms with Gasteiger partial charge in [0.1, 0.15) is 0 Å². The molecule has 0 bridgehead atoms. The molecule has 17 heavy (non-hydrogen) atoms. The number of fused-ring (bicyclic) bond motifs is 1. The molecule has 0 saturated carbocycles. The molecule has 0 aliphatic heterocycles. The molecule has 2 N–H and O–H groups in total. The van der Waals surface area contributed by atoms with Crippen molar-refractivity contribution in [2.24, 2.45) is 5.73 Å². The van der Waals surface area contributed by atoms with Crippen LogP contribution in [-0.4, -0.2) is 11.0 Å². The summed E-state index contributed by atoms with van der Waals surface area (Å²) in [6.07, 6.45) is 0.746. The van der Waals surface area contributed by atoms with E-state index in [9.17, 15) is 0 Å². The maximum absolute atomic E-state index is 6.16. The molecule has 2 rings (SSSR count). The molecule has 0 fully saturated rings. The number of nitrogens with two attached hydrogens (primary N) is 1. The quantitative estimate of drug-likeness (QED) is 0.901. The van der Waals surface area contributed by atoms with Crippen LogP contribution in [0.2, 0.25) is 10.0 Å². The Hall–Kier alpha value is -0.830. The van der Waals surface area contributed by atoms with Crippen LogP contribution in [0.15, 0.2) is 18.2 Å². The predicted octanol–water partition coefficient (Wildman–Crippen LogP) is 3.74. The minimum absolute atomic E-state index is 0.0884. The fraction of sp³-hybridized carbons (Fsp3) is 0.308. The Morgan fingerprint density at radius 3 is 2.65 bits per heavy atom. The van der Waals surface area contributed by atoms with Crippen molar-refractivity contribution in [1.82, 2.24) is 4.98 Å². The number of pyridine rings is 1. The maximum Gasteiger partial charge on any atom is 0.0895 e. The third-order valence-corrected chi connectivity index (χ3v) is 3.13. The highest BCUT2D eigenvalue weighted by Gasteiger charge is 2.09. The number of halogens is 2. The topological polar surface area (TPSA) is 38.9 Å². The Morgan fingerprint density at radius 1 is 1.29 bits per heavy atom. The Bertz CT molecular complexity index is 565. The van der Waals surface area contributed by atoms with Gasteiger partial charge in [0, 0.05) is 28.6 Å². The Morgan fingerprint density at radius 2 is 2.00 bits per heavy atom. The molecule has 0 amide bonds. The number of nitrogens with zero attached hydrogens (tertiary/aromatic N) is 1. The van der Waals surface area contributed by atoms with Crippen molar-refractivity contribution in [2.75, 3.05) is 0 Å². The van der Waals surface area contributed by atoms with Crippen molar-refractivity contribution in [3.8, 4) is 0 Å². The van der Waals surface area contributed by atoms with Gasteiger partial charge in [-0.3, -0.25) is 4.98 Å². The molecule has 0 saturated heterocycles. The lowest BCUT2D eigenvalue weighted by Crippen LogP contribution is -2.18. The van der Waals surface area contributed by atoms with E-state index in [0.29, 0.717) is 10.0 Å². The van der Waals surface area contributed by atoms with Crippen molar-refractivity contribution in [3.63, 3.8) is 0 Å². The summed E-state index contributed by atoms with van der Waals surface area (Å²) < 4.78 is 0. The summed E-state index contributed by atoms with van der Waals surface area (Å²) in [5.74, 6) is 0. The summed E-state index contributed by atoms with van der Waals surface area (Å²) >= 11 is 12.2. The molecule has 2 aromatic rings. The van der Waals surface area contributed by atoms with Crippen LogP contribution in [0.1, 0.15) is 18.2 Å². The Labute approximate surface area is 111 Å². The average Bonchev–Trinajstić information content (AvgIpc) is 2.19. The maximum atomic E-state index is 6.16. The van der Waals surface area contributed by atoms with Crippen molar-refractivity contribution >= 4 is 34.1 Å². The zero-order chi connectivity index (χ0) is 12.6. The van der Waals surface area contributed by atoms with Crippen molar-refractivity contribution in [3.05, 3.63) is 39.5 Å². The van der Waals surface area contributed by atoms with Gasteiger partial charge in [-0.1, -0.05) is 23.2 Å². The molecular formula is C13H14Cl2N2. The van der Waals surface area contributed by atoms with Crippen molar-refractivity contribution in [1.29, 1.82) is 0 Å². The zero-order valence-corrected chi connectivity index (χ0v) is 11.3. The summed E-state index contributed by atoms with van der Waals surface area (Å²) in [6, 6.07) is 5.73. The van der Waals surface area contributed by atoms with Crippen LogP contribution in [0, 0.1) is 6.92 Å². The summed E-state index contributed by atoms with van der Waals surface area (Å²) in [4.78, 5) is 4.55. The number of hydrogen-bond acceptors (Lipinski definition) is 2. The molecule has 2 nitrogen and oxygen atoms in total. The third kappa shape index (κ3) is 2.71. The molecule has 4 heteroatoms. The van der Waals surface area contributed by atoms with Gasteiger partial charge < -0.3 is 5.73 Å². The summed E-state index contributed by atoms with van der Waals surface area (Å²) in [5, 5.41) is 2.21. The van der Waals surface area contributed by atoms with Crippen LogP contribution in [0.25, 0.3) is 10.9 Å². The monoisotopic (exact) mass is 268 g/mol. The normalized spacial score (nSPS) is 13.0. The standard InChI is InChI=1S/C13H14Cl2N2/c1-7-3-10(4-8(2)16)17-13-11(7)5-9(14)6-12(13)15/h3,5-6,8H,4,16H2,1-2H3. The van der Waals surface area contributed by atoms with E-state index in [1.165, 1.54) is 0 Å². The van der Waals surface area contributed by atoms with Crippen LogP contribution in [-0.2, 0) is 6.42 Å². The number of hydrogen-bond donors (Lipinski definition) is 1. The molecule has 0 aliphatic carbocycles.